The van der Waals surface area contributed by atoms with Gasteiger partial charge in [-0.3, -0.25) is 4.90 Å². The Morgan fingerprint density at radius 1 is 0.917 bits per heavy atom. The Morgan fingerprint density at radius 3 is 2.21 bits per heavy atom. The van der Waals surface area contributed by atoms with Crippen LogP contribution in [0, 0.1) is 0 Å². The fourth-order valence-electron chi connectivity index (χ4n) is 2.53. The number of nitrogens with zero attached hydrogens (tertiary/aromatic N) is 1. The monoisotopic (exact) mass is 323 g/mol. The molecular weight excluding hydrogens is 302 g/mol. The third kappa shape index (κ3) is 4.62. The van der Waals surface area contributed by atoms with Gasteiger partial charge in [-0.05, 0) is 17.5 Å². The molecule has 1 amide bonds. The van der Waals surface area contributed by atoms with E-state index in [0.717, 1.165) is 29.7 Å². The van der Waals surface area contributed by atoms with Gasteiger partial charge >= 0.3 is 6.09 Å². The Morgan fingerprint density at radius 2 is 1.54 bits per heavy atom. The minimum atomic E-state index is -0.334. The molecule has 0 aliphatic carbocycles. The Bertz CT molecular complexity index is 683. The summed E-state index contributed by atoms with van der Waals surface area (Å²) in [6.07, 6.45) is 3.15. The van der Waals surface area contributed by atoms with Gasteiger partial charge in [0.1, 0.15) is 19.0 Å². The highest BCUT2D eigenvalue weighted by Gasteiger charge is 2.18. The molecule has 0 fully saturated rings. The van der Waals surface area contributed by atoms with Crippen molar-refractivity contribution in [1.29, 1.82) is 0 Å². The van der Waals surface area contributed by atoms with Gasteiger partial charge in [-0.15, -0.1) is 0 Å². The first-order valence-corrected chi connectivity index (χ1v) is 8.16. The third-order valence-corrected chi connectivity index (χ3v) is 3.83. The normalized spacial score (nSPS) is 14.0. The zero-order valence-electron chi connectivity index (χ0n) is 13.6. The smallest absolute Gasteiger partial charge is 0.414 e. The standard InChI is InChI=1S/C20H21NO3/c22-20(24-16-18-10-5-2-6-11-18)21-13-7-12-19(14-21)23-15-17-8-3-1-4-9-17/h1-6,8-11,14H,7,12-13,15-16H2. The Labute approximate surface area is 142 Å². The highest BCUT2D eigenvalue weighted by Crippen LogP contribution is 2.18. The SMILES string of the molecule is O=C(OCc1ccccc1)N1C=C(OCc2ccccc2)CCC1. The van der Waals surface area contributed by atoms with Crippen LogP contribution in [0.1, 0.15) is 24.0 Å². The van der Waals surface area contributed by atoms with Crippen molar-refractivity contribution in [2.24, 2.45) is 0 Å². The number of rotatable bonds is 5. The van der Waals surface area contributed by atoms with Crippen LogP contribution in [0.5, 0.6) is 0 Å². The predicted octanol–water partition coefficient (Wildman–Crippen LogP) is 4.48. The molecule has 3 rings (SSSR count). The summed E-state index contributed by atoms with van der Waals surface area (Å²) in [5.41, 5.74) is 2.09. The first kappa shape index (κ1) is 16.1. The molecule has 1 aliphatic rings. The van der Waals surface area contributed by atoms with E-state index in [-0.39, 0.29) is 12.7 Å². The second-order valence-corrected chi connectivity index (χ2v) is 5.71. The van der Waals surface area contributed by atoms with Gasteiger partial charge in [-0.2, -0.15) is 0 Å². The van der Waals surface area contributed by atoms with Crippen LogP contribution in [-0.4, -0.2) is 17.5 Å². The minimum absolute atomic E-state index is 0.282. The van der Waals surface area contributed by atoms with E-state index in [0.29, 0.717) is 13.2 Å². The summed E-state index contributed by atoms with van der Waals surface area (Å²) in [5, 5.41) is 0. The highest BCUT2D eigenvalue weighted by molar-refractivity contribution is 5.69. The number of allylic oxidation sites excluding steroid dienone is 1. The maximum Gasteiger partial charge on any atom is 0.414 e. The first-order chi connectivity index (χ1) is 11.8. The largest absolute Gasteiger partial charge is 0.492 e. The molecule has 0 unspecified atom stereocenters. The fraction of sp³-hybridized carbons (Fsp3) is 0.250. The maximum atomic E-state index is 12.2. The molecule has 0 N–H and O–H groups in total. The summed E-state index contributed by atoms with van der Waals surface area (Å²) >= 11 is 0. The van der Waals surface area contributed by atoms with E-state index >= 15 is 0 Å². The number of carbonyl (C=O) groups is 1. The topological polar surface area (TPSA) is 38.8 Å². The van der Waals surface area contributed by atoms with Gasteiger partial charge in [0, 0.05) is 19.2 Å². The van der Waals surface area contributed by atoms with E-state index in [1.54, 1.807) is 11.1 Å². The molecule has 2 aromatic carbocycles. The van der Waals surface area contributed by atoms with Crippen LogP contribution in [0.3, 0.4) is 0 Å². The van der Waals surface area contributed by atoms with Crippen LogP contribution >= 0.6 is 0 Å². The lowest BCUT2D eigenvalue weighted by Crippen LogP contribution is -2.30. The van der Waals surface area contributed by atoms with Gasteiger partial charge in [-0.1, -0.05) is 60.7 Å². The first-order valence-electron chi connectivity index (χ1n) is 8.16. The molecular formula is C20H21NO3. The number of amides is 1. The minimum Gasteiger partial charge on any atom is -0.492 e. The summed E-state index contributed by atoms with van der Waals surface area (Å²) in [6, 6.07) is 19.7. The van der Waals surface area contributed by atoms with Gasteiger partial charge in [0.2, 0.25) is 0 Å². The summed E-state index contributed by atoms with van der Waals surface area (Å²) in [4.78, 5) is 13.8. The summed E-state index contributed by atoms with van der Waals surface area (Å²) in [6.45, 7) is 1.45. The molecule has 0 spiro atoms. The Hall–Kier alpha value is -2.75. The molecule has 4 nitrogen and oxygen atoms in total. The van der Waals surface area contributed by atoms with Crippen molar-refractivity contribution in [3.8, 4) is 0 Å². The number of benzene rings is 2. The lowest BCUT2D eigenvalue weighted by Gasteiger charge is -2.24. The zero-order chi connectivity index (χ0) is 16.6. The zero-order valence-corrected chi connectivity index (χ0v) is 13.6. The van der Waals surface area contributed by atoms with E-state index in [9.17, 15) is 4.79 Å². The van der Waals surface area contributed by atoms with E-state index < -0.39 is 0 Å². The van der Waals surface area contributed by atoms with Crippen LogP contribution < -0.4 is 0 Å². The molecule has 124 valence electrons. The summed E-state index contributed by atoms with van der Waals surface area (Å²) < 4.78 is 11.2. The van der Waals surface area contributed by atoms with Crippen LogP contribution in [-0.2, 0) is 22.7 Å². The van der Waals surface area contributed by atoms with E-state index in [1.165, 1.54) is 0 Å². The number of hydrogen-bond acceptors (Lipinski definition) is 3. The van der Waals surface area contributed by atoms with Crippen molar-refractivity contribution >= 4 is 6.09 Å². The molecule has 1 heterocycles. The van der Waals surface area contributed by atoms with Gasteiger partial charge in [-0.25, -0.2) is 4.79 Å². The summed E-state index contributed by atoms with van der Waals surface area (Å²) in [5.74, 6) is 0.821. The Kier molecular flexibility index (Phi) is 5.51. The average molecular weight is 323 g/mol. The quantitative estimate of drug-likeness (QED) is 0.814. The van der Waals surface area contributed by atoms with Crippen molar-refractivity contribution < 1.29 is 14.3 Å². The molecule has 0 atom stereocenters. The van der Waals surface area contributed by atoms with Crippen LogP contribution in [0.4, 0.5) is 4.79 Å². The van der Waals surface area contributed by atoms with E-state index in [4.69, 9.17) is 9.47 Å². The van der Waals surface area contributed by atoms with Crippen LogP contribution in [0.15, 0.2) is 72.6 Å². The lowest BCUT2D eigenvalue weighted by molar-refractivity contribution is 0.101. The molecule has 0 saturated carbocycles. The molecule has 0 saturated heterocycles. The predicted molar refractivity (Wildman–Crippen MR) is 91.9 cm³/mol. The molecule has 0 bridgehead atoms. The average Bonchev–Trinajstić information content (AvgIpc) is 2.66. The number of ether oxygens (including phenoxy) is 2. The summed E-state index contributed by atoms with van der Waals surface area (Å²) in [7, 11) is 0. The lowest BCUT2D eigenvalue weighted by atomic mass is 10.2. The van der Waals surface area contributed by atoms with Crippen molar-refractivity contribution in [2.45, 2.75) is 26.1 Å². The molecule has 1 aliphatic heterocycles. The van der Waals surface area contributed by atoms with Crippen molar-refractivity contribution in [3.63, 3.8) is 0 Å². The Balaban J connectivity index is 1.52. The van der Waals surface area contributed by atoms with Gasteiger partial charge in [0.15, 0.2) is 0 Å². The fourth-order valence-corrected chi connectivity index (χ4v) is 2.53. The maximum absolute atomic E-state index is 12.2. The molecule has 24 heavy (non-hydrogen) atoms. The second kappa shape index (κ2) is 8.20. The number of carbonyl (C=O) groups excluding carboxylic acids is 1. The number of hydrogen-bond donors (Lipinski definition) is 0. The van der Waals surface area contributed by atoms with Gasteiger partial charge in [0.05, 0.1) is 0 Å². The van der Waals surface area contributed by atoms with Crippen LogP contribution in [0.25, 0.3) is 0 Å². The van der Waals surface area contributed by atoms with Crippen LogP contribution in [0.2, 0.25) is 0 Å². The van der Waals surface area contributed by atoms with E-state index in [2.05, 4.69) is 0 Å². The van der Waals surface area contributed by atoms with Crippen molar-refractivity contribution in [3.05, 3.63) is 83.7 Å². The molecule has 0 radical (unpaired) electrons. The van der Waals surface area contributed by atoms with Crippen molar-refractivity contribution in [2.75, 3.05) is 6.54 Å². The molecule has 2 aromatic rings. The van der Waals surface area contributed by atoms with E-state index in [1.807, 2.05) is 60.7 Å². The second-order valence-electron chi connectivity index (χ2n) is 5.71. The van der Waals surface area contributed by atoms with Gasteiger partial charge in [0.25, 0.3) is 0 Å². The van der Waals surface area contributed by atoms with Gasteiger partial charge < -0.3 is 9.47 Å². The third-order valence-electron chi connectivity index (χ3n) is 3.83. The molecule has 4 heteroatoms. The van der Waals surface area contributed by atoms with Crippen molar-refractivity contribution in [1.82, 2.24) is 4.90 Å². The molecule has 0 aromatic heterocycles. The highest BCUT2D eigenvalue weighted by atomic mass is 16.6.